The van der Waals surface area contributed by atoms with Gasteiger partial charge in [0.05, 0.1) is 13.0 Å². The van der Waals surface area contributed by atoms with Crippen molar-refractivity contribution in [3.8, 4) is 0 Å². The van der Waals surface area contributed by atoms with E-state index in [4.69, 9.17) is 4.74 Å². The van der Waals surface area contributed by atoms with Gasteiger partial charge in [-0.3, -0.25) is 4.79 Å². The normalized spacial score (nSPS) is 22.9. The van der Waals surface area contributed by atoms with E-state index in [1.54, 1.807) is 0 Å². The smallest absolute Gasteiger partial charge is 0.308 e. The topological polar surface area (TPSA) is 29.5 Å². The molecule has 1 fully saturated rings. The number of nitrogens with zero attached hydrogens (tertiary/aromatic N) is 1. The fraction of sp³-hybridized carbons (Fsp3) is 0.562. The summed E-state index contributed by atoms with van der Waals surface area (Å²) in [5.41, 5.74) is 2.55. The Kier molecular flexibility index (Phi) is 4.46. The summed E-state index contributed by atoms with van der Waals surface area (Å²) in [6.07, 6.45) is 4.00. The highest BCUT2D eigenvalue weighted by molar-refractivity contribution is 5.72. The summed E-state index contributed by atoms with van der Waals surface area (Å²) in [6, 6.07) is 9.11. The first kappa shape index (κ1) is 13.9. The number of carbonyl (C=O) groups excluding carboxylic acids is 1. The molecule has 104 valence electrons. The monoisotopic (exact) mass is 261 g/mol. The van der Waals surface area contributed by atoms with E-state index in [-0.39, 0.29) is 11.9 Å². The number of carbonyl (C=O) groups is 1. The molecule has 0 atom stereocenters. The molecule has 1 aromatic rings. The molecule has 0 amide bonds. The molecule has 1 saturated carbocycles. The lowest BCUT2D eigenvalue weighted by atomic mass is 9.85. The molecule has 19 heavy (non-hydrogen) atoms. The first-order valence-electron chi connectivity index (χ1n) is 6.99. The molecule has 0 spiro atoms. The fourth-order valence-corrected chi connectivity index (χ4v) is 2.92. The first-order chi connectivity index (χ1) is 9.11. The number of benzene rings is 1. The molecule has 1 aliphatic rings. The summed E-state index contributed by atoms with van der Waals surface area (Å²) in [7, 11) is 3.63. The number of methoxy groups -OCH3 is 1. The van der Waals surface area contributed by atoms with Gasteiger partial charge in [0.1, 0.15) is 0 Å². The summed E-state index contributed by atoms with van der Waals surface area (Å²) < 4.78 is 4.83. The van der Waals surface area contributed by atoms with Crippen LogP contribution in [-0.4, -0.2) is 26.2 Å². The molecule has 0 aliphatic heterocycles. The van der Waals surface area contributed by atoms with Gasteiger partial charge in [0.15, 0.2) is 0 Å². The summed E-state index contributed by atoms with van der Waals surface area (Å²) in [6.45, 7) is 2.12. The molecule has 1 aromatic carbocycles. The average Bonchev–Trinajstić information content (AvgIpc) is 2.46. The van der Waals surface area contributed by atoms with Gasteiger partial charge in [-0.05, 0) is 50.3 Å². The summed E-state index contributed by atoms with van der Waals surface area (Å²) >= 11 is 0. The third kappa shape index (κ3) is 3.28. The maximum absolute atomic E-state index is 11.5. The Labute approximate surface area is 115 Å². The van der Waals surface area contributed by atoms with Crippen LogP contribution in [0.1, 0.15) is 31.2 Å². The highest BCUT2D eigenvalue weighted by Crippen LogP contribution is 2.30. The highest BCUT2D eigenvalue weighted by Gasteiger charge is 2.28. The first-order valence-corrected chi connectivity index (χ1v) is 6.99. The van der Waals surface area contributed by atoms with Crippen LogP contribution in [0.15, 0.2) is 24.3 Å². The van der Waals surface area contributed by atoms with E-state index in [9.17, 15) is 4.79 Å². The van der Waals surface area contributed by atoms with Gasteiger partial charge in [-0.1, -0.05) is 12.1 Å². The van der Waals surface area contributed by atoms with Crippen molar-refractivity contribution in [2.75, 3.05) is 19.1 Å². The van der Waals surface area contributed by atoms with Gasteiger partial charge in [-0.2, -0.15) is 0 Å². The van der Waals surface area contributed by atoms with Crippen molar-refractivity contribution in [1.82, 2.24) is 0 Å². The molecule has 0 aromatic heterocycles. The van der Waals surface area contributed by atoms with Gasteiger partial charge in [-0.15, -0.1) is 0 Å². The van der Waals surface area contributed by atoms with Crippen LogP contribution in [0.25, 0.3) is 0 Å². The summed E-state index contributed by atoms with van der Waals surface area (Å²) in [4.78, 5) is 13.9. The minimum absolute atomic E-state index is 0.0448. The van der Waals surface area contributed by atoms with Gasteiger partial charge in [-0.25, -0.2) is 0 Å². The zero-order valence-electron chi connectivity index (χ0n) is 12.1. The lowest BCUT2D eigenvalue weighted by Gasteiger charge is -2.35. The maximum atomic E-state index is 11.5. The summed E-state index contributed by atoms with van der Waals surface area (Å²) in [5.74, 6) is 0.0591. The average molecular weight is 261 g/mol. The zero-order valence-corrected chi connectivity index (χ0v) is 12.1. The van der Waals surface area contributed by atoms with Crippen LogP contribution in [0.4, 0.5) is 5.69 Å². The Hall–Kier alpha value is -1.51. The number of esters is 1. The Morgan fingerprint density at radius 1 is 1.26 bits per heavy atom. The molecular weight excluding hydrogens is 238 g/mol. The highest BCUT2D eigenvalue weighted by atomic mass is 16.5. The van der Waals surface area contributed by atoms with E-state index in [0.29, 0.717) is 6.04 Å². The number of rotatable bonds is 3. The molecule has 0 unspecified atom stereocenters. The third-order valence-electron chi connectivity index (χ3n) is 4.19. The quantitative estimate of drug-likeness (QED) is 0.783. The molecular formula is C16H23NO2. The molecule has 2 rings (SSSR count). The van der Waals surface area contributed by atoms with E-state index in [1.165, 1.54) is 18.4 Å². The van der Waals surface area contributed by atoms with Crippen molar-refractivity contribution in [1.29, 1.82) is 0 Å². The van der Waals surface area contributed by atoms with E-state index >= 15 is 0 Å². The molecule has 0 radical (unpaired) electrons. The van der Waals surface area contributed by atoms with Crippen LogP contribution in [0.3, 0.4) is 0 Å². The second-order valence-corrected chi connectivity index (χ2v) is 5.48. The predicted octanol–water partition coefficient (Wildman–Crippen LogP) is 3.16. The van der Waals surface area contributed by atoms with E-state index in [0.717, 1.165) is 25.7 Å². The van der Waals surface area contributed by atoms with Gasteiger partial charge in [0.2, 0.25) is 0 Å². The van der Waals surface area contributed by atoms with Gasteiger partial charge < -0.3 is 9.64 Å². The largest absolute Gasteiger partial charge is 0.469 e. The molecule has 3 nitrogen and oxygen atoms in total. The van der Waals surface area contributed by atoms with Gasteiger partial charge in [0, 0.05) is 18.8 Å². The van der Waals surface area contributed by atoms with E-state index in [1.807, 2.05) is 0 Å². The number of hydrogen-bond acceptors (Lipinski definition) is 3. The van der Waals surface area contributed by atoms with Crippen molar-refractivity contribution in [2.45, 2.75) is 38.6 Å². The molecule has 0 bridgehead atoms. The second-order valence-electron chi connectivity index (χ2n) is 5.48. The van der Waals surface area contributed by atoms with Crippen molar-refractivity contribution in [3.63, 3.8) is 0 Å². The summed E-state index contributed by atoms with van der Waals surface area (Å²) in [5, 5.41) is 0. The van der Waals surface area contributed by atoms with Crippen LogP contribution < -0.4 is 4.90 Å². The molecule has 3 heteroatoms. The second kappa shape index (κ2) is 6.09. The Balaban J connectivity index is 1.96. The number of anilines is 1. The number of hydrogen-bond donors (Lipinski definition) is 0. The van der Waals surface area contributed by atoms with Crippen LogP contribution in [-0.2, 0) is 9.53 Å². The molecule has 0 heterocycles. The van der Waals surface area contributed by atoms with Crippen molar-refractivity contribution in [2.24, 2.45) is 5.92 Å². The van der Waals surface area contributed by atoms with Crippen LogP contribution >= 0.6 is 0 Å². The standard InChI is InChI=1S/C16H23NO2/c1-12-5-4-6-15(11-12)17(2)14-9-7-13(8-10-14)16(18)19-3/h4-6,11,13-14H,7-10H2,1-3H3. The predicted molar refractivity (Wildman–Crippen MR) is 77.3 cm³/mol. The van der Waals surface area contributed by atoms with E-state index < -0.39 is 0 Å². The molecule has 0 N–H and O–H groups in total. The van der Waals surface area contributed by atoms with Gasteiger partial charge in [0.25, 0.3) is 0 Å². The van der Waals surface area contributed by atoms with E-state index in [2.05, 4.69) is 43.1 Å². The third-order valence-corrected chi connectivity index (χ3v) is 4.19. The zero-order chi connectivity index (χ0) is 13.8. The molecule has 1 aliphatic carbocycles. The van der Waals surface area contributed by atoms with Crippen molar-refractivity contribution in [3.05, 3.63) is 29.8 Å². The van der Waals surface area contributed by atoms with Crippen LogP contribution in [0.2, 0.25) is 0 Å². The van der Waals surface area contributed by atoms with Crippen molar-refractivity contribution < 1.29 is 9.53 Å². The Morgan fingerprint density at radius 2 is 1.95 bits per heavy atom. The van der Waals surface area contributed by atoms with Crippen molar-refractivity contribution >= 4 is 11.7 Å². The van der Waals surface area contributed by atoms with Gasteiger partial charge >= 0.3 is 5.97 Å². The van der Waals surface area contributed by atoms with Crippen LogP contribution in [0.5, 0.6) is 0 Å². The Morgan fingerprint density at radius 3 is 2.53 bits per heavy atom. The minimum Gasteiger partial charge on any atom is -0.469 e. The number of ether oxygens (including phenoxy) is 1. The molecule has 0 saturated heterocycles. The Bertz CT molecular complexity index is 436. The number of aryl methyl sites for hydroxylation is 1. The minimum atomic E-state index is -0.0448. The lowest BCUT2D eigenvalue weighted by Crippen LogP contribution is -2.36. The SMILES string of the molecule is COC(=O)C1CCC(N(C)c2cccc(C)c2)CC1. The van der Waals surface area contributed by atoms with Crippen LogP contribution in [0, 0.1) is 12.8 Å². The maximum Gasteiger partial charge on any atom is 0.308 e. The lowest BCUT2D eigenvalue weighted by molar-refractivity contribution is -0.146. The fourth-order valence-electron chi connectivity index (χ4n) is 2.92.